The Morgan fingerprint density at radius 2 is 0.600 bits per heavy atom. The van der Waals surface area contributed by atoms with E-state index in [0.29, 0.717) is 0 Å². The SMILES string of the molecule is [Cu].[Cu].[Ni].[Si].[Si]. The molecule has 0 nitrogen and oxygen atoms in total. The third kappa shape index (κ3) is 24.3. The summed E-state index contributed by atoms with van der Waals surface area (Å²) in [7, 11) is 0. The molecule has 0 saturated carbocycles. The molecule has 0 aromatic rings. The third-order valence-electron chi connectivity index (χ3n) is 0. The average molecular weight is 242 g/mol. The molecule has 5 heteroatoms. The minimum atomic E-state index is 0. The van der Waals surface area contributed by atoms with Gasteiger partial charge in [0.1, 0.15) is 0 Å². The molecule has 0 heterocycles. The molecule has 40 valence electrons. The molecule has 0 unspecified atom stereocenters. The molecule has 0 spiro atoms. The van der Waals surface area contributed by atoms with Crippen LogP contribution in [-0.4, -0.2) is 21.9 Å². The van der Waals surface area contributed by atoms with E-state index in [1.54, 1.807) is 0 Å². The largest absolute Gasteiger partial charge is 0 e. The van der Waals surface area contributed by atoms with Crippen molar-refractivity contribution in [1.29, 1.82) is 0 Å². The Hall–Kier alpha value is 1.97. The molecule has 0 fully saturated rings. The first kappa shape index (κ1) is 64.1. The maximum absolute atomic E-state index is 0. The molecule has 0 aromatic heterocycles. The van der Waals surface area contributed by atoms with Gasteiger partial charge in [-0.3, -0.25) is 0 Å². The van der Waals surface area contributed by atoms with E-state index in [0.717, 1.165) is 0 Å². The molecule has 0 saturated heterocycles. The van der Waals surface area contributed by atoms with Gasteiger partial charge >= 0.3 is 0 Å². The third-order valence-corrected chi connectivity index (χ3v) is 0. The summed E-state index contributed by atoms with van der Waals surface area (Å²) in [6.45, 7) is 0. The number of rotatable bonds is 0. The van der Waals surface area contributed by atoms with Crippen molar-refractivity contribution in [2.45, 2.75) is 0 Å². The Morgan fingerprint density at radius 1 is 0.600 bits per heavy atom. The van der Waals surface area contributed by atoms with Gasteiger partial charge in [0, 0.05) is 72.6 Å². The van der Waals surface area contributed by atoms with Crippen molar-refractivity contribution in [3.8, 4) is 0 Å². The summed E-state index contributed by atoms with van der Waals surface area (Å²) in [5.74, 6) is 0. The van der Waals surface area contributed by atoms with Crippen LogP contribution in [0.25, 0.3) is 0 Å². The van der Waals surface area contributed by atoms with Crippen LogP contribution in [0.1, 0.15) is 0 Å². The normalized spacial score (nSPS) is 0. The second-order valence-electron chi connectivity index (χ2n) is 0. The van der Waals surface area contributed by atoms with E-state index in [2.05, 4.69) is 0 Å². The van der Waals surface area contributed by atoms with Crippen molar-refractivity contribution < 1.29 is 50.6 Å². The van der Waals surface area contributed by atoms with Crippen LogP contribution < -0.4 is 0 Å². The molecular weight excluding hydrogens is 242 g/mol. The van der Waals surface area contributed by atoms with Gasteiger partial charge in [0.15, 0.2) is 0 Å². The average Bonchev–Trinajstić information content (AvgIpc) is 0. The summed E-state index contributed by atoms with van der Waals surface area (Å²) in [5, 5.41) is 0. The standard InChI is InChI=1S/2Cu.Ni.2Si. The summed E-state index contributed by atoms with van der Waals surface area (Å²) < 4.78 is 0. The van der Waals surface area contributed by atoms with Crippen molar-refractivity contribution in [3.05, 3.63) is 0 Å². The van der Waals surface area contributed by atoms with Gasteiger partial charge < -0.3 is 0 Å². The Labute approximate surface area is 72.2 Å². The van der Waals surface area contributed by atoms with Crippen LogP contribution in [0.4, 0.5) is 0 Å². The van der Waals surface area contributed by atoms with Gasteiger partial charge in [0.2, 0.25) is 0 Å². The molecule has 10 radical (unpaired) electrons. The molecule has 0 aliphatic heterocycles. The summed E-state index contributed by atoms with van der Waals surface area (Å²) >= 11 is 0. The fraction of sp³-hybridized carbons (Fsp3) is 0. The van der Waals surface area contributed by atoms with Crippen LogP contribution in [0.5, 0.6) is 0 Å². The fourth-order valence-corrected chi connectivity index (χ4v) is 0. The molecule has 0 atom stereocenters. The van der Waals surface area contributed by atoms with Gasteiger partial charge in [-0.1, -0.05) is 0 Å². The summed E-state index contributed by atoms with van der Waals surface area (Å²) in [5.41, 5.74) is 0. The van der Waals surface area contributed by atoms with Gasteiger partial charge in [-0.25, -0.2) is 0 Å². The van der Waals surface area contributed by atoms with Crippen molar-refractivity contribution in [2.24, 2.45) is 0 Å². The minimum Gasteiger partial charge on any atom is 0 e. The van der Waals surface area contributed by atoms with Crippen molar-refractivity contribution in [3.63, 3.8) is 0 Å². The number of hydrogen-bond donors (Lipinski definition) is 0. The van der Waals surface area contributed by atoms with E-state index in [-0.39, 0.29) is 72.6 Å². The van der Waals surface area contributed by atoms with Gasteiger partial charge in [-0.05, 0) is 0 Å². The van der Waals surface area contributed by atoms with Gasteiger partial charge in [-0.2, -0.15) is 0 Å². The van der Waals surface area contributed by atoms with Crippen molar-refractivity contribution in [1.82, 2.24) is 0 Å². The molecule has 0 amide bonds. The predicted octanol–water partition coefficient (Wildman–Crippen LogP) is -0.769. The maximum atomic E-state index is 0. The molecule has 0 aliphatic carbocycles. The summed E-state index contributed by atoms with van der Waals surface area (Å²) in [6, 6.07) is 0. The van der Waals surface area contributed by atoms with Crippen LogP contribution >= 0.6 is 0 Å². The van der Waals surface area contributed by atoms with Crippen molar-refractivity contribution >= 4 is 21.9 Å². The van der Waals surface area contributed by atoms with Crippen LogP contribution in [0.3, 0.4) is 0 Å². The van der Waals surface area contributed by atoms with E-state index in [1.165, 1.54) is 0 Å². The Kier molecular flexibility index (Phi) is 488. The first-order valence-corrected chi connectivity index (χ1v) is 0. The smallest absolute Gasteiger partial charge is 0 e. The quantitative estimate of drug-likeness (QED) is 0.489. The topological polar surface area (TPSA) is 0 Å². The maximum Gasteiger partial charge on any atom is 0 e. The Morgan fingerprint density at radius 3 is 0.600 bits per heavy atom. The van der Waals surface area contributed by atoms with E-state index < -0.39 is 0 Å². The van der Waals surface area contributed by atoms with Crippen LogP contribution in [0.2, 0.25) is 0 Å². The molecule has 0 aromatic carbocycles. The summed E-state index contributed by atoms with van der Waals surface area (Å²) in [4.78, 5) is 0. The fourth-order valence-electron chi connectivity index (χ4n) is 0. The molecule has 5 heavy (non-hydrogen) atoms. The second kappa shape index (κ2) is 38.1. The Bertz CT molecular complexity index is 7.61. The first-order chi connectivity index (χ1) is 0. The molecule has 0 rings (SSSR count). The first-order valence-electron chi connectivity index (χ1n) is 0. The molecular formula is Cu2NiSi2. The van der Waals surface area contributed by atoms with E-state index in [9.17, 15) is 0 Å². The van der Waals surface area contributed by atoms with E-state index in [1.807, 2.05) is 0 Å². The molecule has 0 bridgehead atoms. The van der Waals surface area contributed by atoms with Crippen LogP contribution in [-0.2, 0) is 50.6 Å². The number of hydrogen-bond acceptors (Lipinski definition) is 0. The monoisotopic (exact) mass is 240 g/mol. The summed E-state index contributed by atoms with van der Waals surface area (Å²) in [6.07, 6.45) is 0. The van der Waals surface area contributed by atoms with E-state index >= 15 is 0 Å². The van der Waals surface area contributed by atoms with Gasteiger partial charge in [0.25, 0.3) is 0 Å². The van der Waals surface area contributed by atoms with Gasteiger partial charge in [0.05, 0.1) is 0 Å². The molecule has 0 aliphatic rings. The zero-order valence-corrected chi connectivity index (χ0v) is 6.79. The van der Waals surface area contributed by atoms with Crippen molar-refractivity contribution in [2.75, 3.05) is 0 Å². The second-order valence-corrected chi connectivity index (χ2v) is 0. The van der Waals surface area contributed by atoms with Crippen LogP contribution in [0, 0.1) is 0 Å². The Balaban J connectivity index is 0. The molecule has 0 N–H and O–H groups in total. The zero-order chi connectivity index (χ0) is 0. The zero-order valence-electron chi connectivity index (χ0n) is 1.92. The van der Waals surface area contributed by atoms with E-state index in [4.69, 9.17) is 0 Å². The van der Waals surface area contributed by atoms with Crippen LogP contribution in [0.15, 0.2) is 0 Å². The van der Waals surface area contributed by atoms with Gasteiger partial charge in [-0.15, -0.1) is 0 Å². The minimum absolute atomic E-state index is 0. The predicted molar refractivity (Wildman–Crippen MR) is 11.5 cm³/mol.